The molecule has 3 aromatic rings. The van der Waals surface area contributed by atoms with Crippen LogP contribution in [0.3, 0.4) is 0 Å². The van der Waals surface area contributed by atoms with Crippen molar-refractivity contribution in [1.29, 1.82) is 0 Å². The molecule has 21 heavy (non-hydrogen) atoms. The predicted octanol–water partition coefficient (Wildman–Crippen LogP) is 2.51. The Hall–Kier alpha value is -2.82. The summed E-state index contributed by atoms with van der Waals surface area (Å²) in [6, 6.07) is 12.2. The smallest absolute Gasteiger partial charge is 0.251 e. The third-order valence-electron chi connectivity index (χ3n) is 3.29. The number of phenols is 1. The van der Waals surface area contributed by atoms with Crippen LogP contribution in [0.4, 0.5) is 0 Å². The number of phenolic OH excluding ortho intramolecular Hbond substituents is 1. The summed E-state index contributed by atoms with van der Waals surface area (Å²) in [6.07, 6.45) is 0. The van der Waals surface area contributed by atoms with Crippen LogP contribution in [-0.4, -0.2) is 21.0 Å². The lowest BCUT2D eigenvalue weighted by Crippen LogP contribution is -2.23. The molecule has 5 nitrogen and oxygen atoms in total. The van der Waals surface area contributed by atoms with E-state index in [0.717, 1.165) is 16.6 Å². The number of carbonyl (C=O) groups excluding carboxylic acids is 1. The summed E-state index contributed by atoms with van der Waals surface area (Å²) in [5.74, 6) is 0.526. The number of nitrogens with zero attached hydrogens (tertiary/aromatic N) is 1. The van der Waals surface area contributed by atoms with Crippen molar-refractivity contribution in [3.63, 3.8) is 0 Å². The van der Waals surface area contributed by atoms with Crippen molar-refractivity contribution >= 4 is 16.9 Å². The molecule has 0 saturated carbocycles. The zero-order chi connectivity index (χ0) is 14.8. The number of nitrogens with one attached hydrogen (secondary N) is 2. The summed E-state index contributed by atoms with van der Waals surface area (Å²) >= 11 is 0. The van der Waals surface area contributed by atoms with Gasteiger partial charge in [-0.25, -0.2) is 4.98 Å². The maximum absolute atomic E-state index is 12.0. The second kappa shape index (κ2) is 5.28. The van der Waals surface area contributed by atoms with Gasteiger partial charge in [-0.05, 0) is 36.8 Å². The molecule has 3 N–H and O–H groups in total. The van der Waals surface area contributed by atoms with E-state index < -0.39 is 0 Å². The van der Waals surface area contributed by atoms with Crippen molar-refractivity contribution in [2.45, 2.75) is 13.5 Å². The van der Waals surface area contributed by atoms with E-state index in [2.05, 4.69) is 15.3 Å². The van der Waals surface area contributed by atoms with Crippen molar-refractivity contribution in [2.24, 2.45) is 0 Å². The fourth-order valence-electron chi connectivity index (χ4n) is 2.22. The number of H-pyrrole nitrogens is 1. The van der Waals surface area contributed by atoms with Gasteiger partial charge in [0.2, 0.25) is 0 Å². The normalized spacial score (nSPS) is 10.7. The number of benzene rings is 2. The van der Waals surface area contributed by atoms with E-state index in [1.165, 1.54) is 12.1 Å². The number of para-hydroxylation sites is 1. The number of aromatic nitrogens is 2. The first-order valence-electron chi connectivity index (χ1n) is 6.65. The molecule has 0 radical (unpaired) electrons. The van der Waals surface area contributed by atoms with Gasteiger partial charge in [0, 0.05) is 5.56 Å². The van der Waals surface area contributed by atoms with E-state index >= 15 is 0 Å². The molecule has 106 valence electrons. The maximum Gasteiger partial charge on any atom is 0.251 e. The largest absolute Gasteiger partial charge is 0.508 e. The van der Waals surface area contributed by atoms with Crippen molar-refractivity contribution < 1.29 is 9.90 Å². The average Bonchev–Trinajstić information content (AvgIpc) is 2.89. The summed E-state index contributed by atoms with van der Waals surface area (Å²) < 4.78 is 0. The third-order valence-corrected chi connectivity index (χ3v) is 3.29. The molecular formula is C16H15N3O2. The van der Waals surface area contributed by atoms with E-state index in [9.17, 15) is 9.90 Å². The molecule has 1 heterocycles. The molecule has 0 saturated heterocycles. The number of hydrogen-bond donors (Lipinski definition) is 3. The highest BCUT2D eigenvalue weighted by Gasteiger charge is 2.08. The molecule has 0 spiro atoms. The molecule has 0 unspecified atom stereocenters. The number of carbonyl (C=O) groups is 1. The molecule has 0 fully saturated rings. The Bertz CT molecular complexity index is 808. The van der Waals surface area contributed by atoms with Gasteiger partial charge < -0.3 is 15.4 Å². The van der Waals surface area contributed by atoms with Crippen molar-refractivity contribution in [3.05, 3.63) is 59.4 Å². The number of rotatable bonds is 3. The number of aromatic hydroxyl groups is 1. The van der Waals surface area contributed by atoms with Gasteiger partial charge in [-0.15, -0.1) is 0 Å². The maximum atomic E-state index is 12.0. The van der Waals surface area contributed by atoms with Crippen LogP contribution in [0.5, 0.6) is 5.75 Å². The Morgan fingerprint density at radius 3 is 2.86 bits per heavy atom. The van der Waals surface area contributed by atoms with Crippen LogP contribution in [0.25, 0.3) is 11.0 Å². The molecule has 0 aliphatic heterocycles. The highest BCUT2D eigenvalue weighted by molar-refractivity contribution is 5.94. The molecule has 1 aromatic heterocycles. The Morgan fingerprint density at radius 1 is 1.29 bits per heavy atom. The summed E-state index contributed by atoms with van der Waals surface area (Å²) in [7, 11) is 0. The summed E-state index contributed by atoms with van der Waals surface area (Å²) in [4.78, 5) is 19.6. The predicted molar refractivity (Wildman–Crippen MR) is 80.1 cm³/mol. The Labute approximate surface area is 121 Å². The van der Waals surface area contributed by atoms with Crippen molar-refractivity contribution in [3.8, 4) is 5.75 Å². The molecule has 1 amide bonds. The first-order chi connectivity index (χ1) is 10.1. The van der Waals surface area contributed by atoms with E-state index in [0.29, 0.717) is 17.9 Å². The van der Waals surface area contributed by atoms with Gasteiger partial charge in [-0.2, -0.15) is 0 Å². The number of amides is 1. The van der Waals surface area contributed by atoms with Crippen LogP contribution in [-0.2, 0) is 6.54 Å². The van der Waals surface area contributed by atoms with Gasteiger partial charge in [-0.1, -0.05) is 18.2 Å². The molecule has 2 aromatic carbocycles. The zero-order valence-electron chi connectivity index (χ0n) is 11.6. The van der Waals surface area contributed by atoms with E-state index in [1.807, 2.05) is 25.1 Å². The van der Waals surface area contributed by atoms with Gasteiger partial charge in [0.05, 0.1) is 17.6 Å². The number of aromatic amines is 1. The first kappa shape index (κ1) is 13.2. The molecule has 0 aliphatic rings. The lowest BCUT2D eigenvalue weighted by atomic mass is 10.2. The fraction of sp³-hybridized carbons (Fsp3) is 0.125. The highest BCUT2D eigenvalue weighted by Crippen LogP contribution is 2.15. The number of hydrogen-bond acceptors (Lipinski definition) is 3. The van der Waals surface area contributed by atoms with E-state index in [1.54, 1.807) is 12.1 Å². The number of fused-ring (bicyclic) bond motifs is 1. The SMILES string of the molecule is Cc1cccc2[nH]c(CNC(=O)c3cccc(O)c3)nc12. The van der Waals surface area contributed by atoms with Gasteiger partial charge >= 0.3 is 0 Å². The van der Waals surface area contributed by atoms with Crippen molar-refractivity contribution in [2.75, 3.05) is 0 Å². The molecular weight excluding hydrogens is 266 g/mol. The standard InChI is InChI=1S/C16H15N3O2/c1-10-4-2-7-13-15(10)19-14(18-13)9-17-16(21)11-5-3-6-12(20)8-11/h2-8,20H,9H2,1H3,(H,17,21)(H,18,19). The van der Waals surface area contributed by atoms with Gasteiger partial charge in [0.15, 0.2) is 0 Å². The average molecular weight is 281 g/mol. The third kappa shape index (κ3) is 2.72. The molecule has 5 heteroatoms. The number of imidazole rings is 1. The first-order valence-corrected chi connectivity index (χ1v) is 6.65. The molecule has 0 bridgehead atoms. The lowest BCUT2D eigenvalue weighted by Gasteiger charge is -2.03. The Morgan fingerprint density at radius 2 is 2.10 bits per heavy atom. The number of aryl methyl sites for hydroxylation is 1. The van der Waals surface area contributed by atoms with Crippen LogP contribution >= 0.6 is 0 Å². The highest BCUT2D eigenvalue weighted by atomic mass is 16.3. The molecule has 3 rings (SSSR count). The van der Waals surface area contributed by atoms with Crippen LogP contribution in [0.2, 0.25) is 0 Å². The lowest BCUT2D eigenvalue weighted by molar-refractivity contribution is 0.0949. The second-order valence-electron chi connectivity index (χ2n) is 4.89. The topological polar surface area (TPSA) is 78.0 Å². The quantitative estimate of drug-likeness (QED) is 0.690. The summed E-state index contributed by atoms with van der Waals surface area (Å²) in [5, 5.41) is 12.2. The summed E-state index contributed by atoms with van der Waals surface area (Å²) in [5.41, 5.74) is 3.38. The van der Waals surface area contributed by atoms with Crippen molar-refractivity contribution in [1.82, 2.24) is 15.3 Å². The Kier molecular flexibility index (Phi) is 3.31. The minimum atomic E-state index is -0.247. The fourth-order valence-corrected chi connectivity index (χ4v) is 2.22. The van der Waals surface area contributed by atoms with Crippen LogP contribution in [0, 0.1) is 6.92 Å². The Balaban J connectivity index is 1.74. The minimum absolute atomic E-state index is 0.0713. The van der Waals surface area contributed by atoms with Gasteiger partial charge in [-0.3, -0.25) is 4.79 Å². The van der Waals surface area contributed by atoms with Gasteiger partial charge in [0.1, 0.15) is 11.6 Å². The monoisotopic (exact) mass is 281 g/mol. The van der Waals surface area contributed by atoms with Crippen LogP contribution < -0.4 is 5.32 Å². The minimum Gasteiger partial charge on any atom is -0.508 e. The van der Waals surface area contributed by atoms with Crippen LogP contribution in [0.15, 0.2) is 42.5 Å². The summed E-state index contributed by atoms with van der Waals surface area (Å²) in [6.45, 7) is 2.31. The van der Waals surface area contributed by atoms with E-state index in [-0.39, 0.29) is 11.7 Å². The zero-order valence-corrected chi connectivity index (χ0v) is 11.6. The van der Waals surface area contributed by atoms with E-state index in [4.69, 9.17) is 0 Å². The molecule has 0 aliphatic carbocycles. The van der Waals surface area contributed by atoms with Gasteiger partial charge in [0.25, 0.3) is 5.91 Å². The second-order valence-corrected chi connectivity index (χ2v) is 4.89. The van der Waals surface area contributed by atoms with Crippen LogP contribution in [0.1, 0.15) is 21.7 Å². The molecule has 0 atom stereocenters.